The first-order chi connectivity index (χ1) is 11.3. The molecular formula is C19H14N2O2. The lowest BCUT2D eigenvalue weighted by Crippen LogP contribution is -1.93. The summed E-state index contributed by atoms with van der Waals surface area (Å²) in [4.78, 5) is 8.15. The topological polar surface area (TPSA) is 58.1 Å². The van der Waals surface area contributed by atoms with Gasteiger partial charge in [-0.3, -0.25) is 0 Å². The van der Waals surface area contributed by atoms with E-state index in [1.54, 1.807) is 12.1 Å². The predicted molar refractivity (Wildman–Crippen MR) is 89.9 cm³/mol. The second-order valence-electron chi connectivity index (χ2n) is 5.81. The normalized spacial score (nSPS) is 13.4. The second kappa shape index (κ2) is 4.49. The van der Waals surface area contributed by atoms with Gasteiger partial charge in [0.1, 0.15) is 11.5 Å². The van der Waals surface area contributed by atoms with E-state index in [9.17, 15) is 5.11 Å². The number of rotatable bonds is 1. The highest BCUT2D eigenvalue weighted by Gasteiger charge is 2.23. The Morgan fingerprint density at radius 1 is 1.04 bits per heavy atom. The molecule has 0 spiro atoms. The Bertz CT molecular complexity index is 1050. The number of nitrogens with one attached hydrogen (secondary N) is 1. The highest BCUT2D eigenvalue weighted by molar-refractivity contribution is 6.10. The van der Waals surface area contributed by atoms with E-state index in [2.05, 4.69) is 11.1 Å². The number of hydrogen-bond donors (Lipinski definition) is 2. The molecule has 2 N–H and O–H groups in total. The summed E-state index contributed by atoms with van der Waals surface area (Å²) in [6, 6.07) is 13.3. The van der Waals surface area contributed by atoms with Crippen molar-refractivity contribution < 1.29 is 9.84 Å². The van der Waals surface area contributed by atoms with Crippen LogP contribution in [0.25, 0.3) is 33.1 Å². The maximum atomic E-state index is 9.51. The highest BCUT2D eigenvalue weighted by atomic mass is 16.5. The zero-order chi connectivity index (χ0) is 15.4. The van der Waals surface area contributed by atoms with Crippen LogP contribution in [0.5, 0.6) is 11.5 Å². The average Bonchev–Trinajstić information content (AvgIpc) is 3.23. The van der Waals surface area contributed by atoms with Crippen LogP contribution in [0.3, 0.4) is 0 Å². The lowest BCUT2D eigenvalue weighted by molar-refractivity contribution is 0.360. The molecule has 4 heteroatoms. The maximum absolute atomic E-state index is 9.51. The fourth-order valence-electron chi connectivity index (χ4n) is 3.40. The van der Waals surface area contributed by atoms with Gasteiger partial charge in [-0.05, 0) is 42.5 Å². The number of nitrogens with zero attached hydrogens (tertiary/aromatic N) is 1. The number of phenols is 1. The SMILES string of the molecule is Oc1ccc(-c2nc3ccc4[nH]ccc4c3c3c2CCO3)cc1. The minimum atomic E-state index is 0.261. The monoisotopic (exact) mass is 302 g/mol. The Morgan fingerprint density at radius 3 is 2.78 bits per heavy atom. The summed E-state index contributed by atoms with van der Waals surface area (Å²) >= 11 is 0. The van der Waals surface area contributed by atoms with E-state index in [1.807, 2.05) is 30.5 Å². The van der Waals surface area contributed by atoms with Crippen LogP contribution in [-0.4, -0.2) is 21.7 Å². The molecular weight excluding hydrogens is 288 g/mol. The molecule has 0 unspecified atom stereocenters. The Hall–Kier alpha value is -3.01. The summed E-state index contributed by atoms with van der Waals surface area (Å²) in [7, 11) is 0. The number of ether oxygens (including phenoxy) is 1. The lowest BCUT2D eigenvalue weighted by Gasteiger charge is -2.11. The molecule has 0 atom stereocenters. The van der Waals surface area contributed by atoms with Crippen molar-refractivity contribution >= 4 is 21.8 Å². The summed E-state index contributed by atoms with van der Waals surface area (Å²) < 4.78 is 5.97. The van der Waals surface area contributed by atoms with E-state index in [1.165, 1.54) is 0 Å². The molecule has 0 amide bonds. The number of aromatic nitrogens is 2. The van der Waals surface area contributed by atoms with Crippen LogP contribution < -0.4 is 4.74 Å². The van der Waals surface area contributed by atoms with Gasteiger partial charge in [-0.1, -0.05) is 0 Å². The smallest absolute Gasteiger partial charge is 0.134 e. The van der Waals surface area contributed by atoms with E-state index < -0.39 is 0 Å². The van der Waals surface area contributed by atoms with Gasteiger partial charge in [0, 0.05) is 34.6 Å². The summed E-state index contributed by atoms with van der Waals surface area (Å²) in [6.45, 7) is 0.683. The first kappa shape index (κ1) is 12.5. The zero-order valence-electron chi connectivity index (χ0n) is 12.3. The number of hydrogen-bond acceptors (Lipinski definition) is 3. The second-order valence-corrected chi connectivity index (χ2v) is 5.81. The Balaban J connectivity index is 1.88. The van der Waals surface area contributed by atoms with Gasteiger partial charge < -0.3 is 14.8 Å². The fourth-order valence-corrected chi connectivity index (χ4v) is 3.40. The van der Waals surface area contributed by atoms with E-state index in [0.29, 0.717) is 6.61 Å². The van der Waals surface area contributed by atoms with Crippen molar-refractivity contribution in [2.45, 2.75) is 6.42 Å². The lowest BCUT2D eigenvalue weighted by atomic mass is 9.99. The molecule has 112 valence electrons. The van der Waals surface area contributed by atoms with Gasteiger partial charge in [-0.2, -0.15) is 0 Å². The van der Waals surface area contributed by atoms with Crippen LogP contribution in [-0.2, 0) is 6.42 Å². The summed E-state index contributed by atoms with van der Waals surface area (Å²) in [6.07, 6.45) is 2.80. The van der Waals surface area contributed by atoms with Gasteiger partial charge in [0.05, 0.1) is 23.2 Å². The molecule has 1 aliphatic heterocycles. The molecule has 0 saturated heterocycles. The van der Waals surface area contributed by atoms with E-state index >= 15 is 0 Å². The molecule has 5 rings (SSSR count). The standard InChI is InChI=1S/C19H14N2O2/c22-12-3-1-11(2-4-12)18-14-8-10-23-19(14)17-13-7-9-20-15(13)5-6-16(17)21-18/h1-7,9,20,22H,8,10H2. The molecule has 1 aliphatic rings. The van der Waals surface area contributed by atoms with Gasteiger partial charge in [0.15, 0.2) is 0 Å². The third kappa shape index (κ3) is 1.75. The van der Waals surface area contributed by atoms with Crippen LogP contribution in [0.15, 0.2) is 48.7 Å². The number of aromatic amines is 1. The van der Waals surface area contributed by atoms with Gasteiger partial charge in [0.2, 0.25) is 0 Å². The first-order valence-corrected chi connectivity index (χ1v) is 7.66. The number of pyridine rings is 1. The summed E-state index contributed by atoms with van der Waals surface area (Å²) in [5.41, 5.74) is 5.12. The van der Waals surface area contributed by atoms with Crippen molar-refractivity contribution in [1.29, 1.82) is 0 Å². The molecule has 0 bridgehead atoms. The number of aromatic hydroxyl groups is 1. The van der Waals surface area contributed by atoms with Crippen LogP contribution in [0.4, 0.5) is 0 Å². The third-order valence-corrected chi connectivity index (χ3v) is 4.47. The summed E-state index contributed by atoms with van der Waals surface area (Å²) in [5.74, 6) is 1.21. The number of H-pyrrole nitrogens is 1. The first-order valence-electron chi connectivity index (χ1n) is 7.66. The molecule has 3 heterocycles. The van der Waals surface area contributed by atoms with Crippen LogP contribution in [0.1, 0.15) is 5.56 Å². The minimum Gasteiger partial charge on any atom is -0.508 e. The molecule has 23 heavy (non-hydrogen) atoms. The van der Waals surface area contributed by atoms with Crippen LogP contribution >= 0.6 is 0 Å². The molecule has 4 nitrogen and oxygen atoms in total. The minimum absolute atomic E-state index is 0.261. The average molecular weight is 302 g/mol. The number of benzene rings is 2. The van der Waals surface area contributed by atoms with Gasteiger partial charge >= 0.3 is 0 Å². The van der Waals surface area contributed by atoms with Crippen molar-refractivity contribution in [2.75, 3.05) is 6.61 Å². The van der Waals surface area contributed by atoms with Gasteiger partial charge in [0.25, 0.3) is 0 Å². The Labute approximate surface area is 132 Å². The Morgan fingerprint density at radius 2 is 1.91 bits per heavy atom. The van der Waals surface area contributed by atoms with Crippen molar-refractivity contribution in [3.8, 4) is 22.8 Å². The maximum Gasteiger partial charge on any atom is 0.134 e. The Kier molecular flexibility index (Phi) is 2.45. The van der Waals surface area contributed by atoms with Crippen LogP contribution in [0.2, 0.25) is 0 Å². The molecule has 4 aromatic rings. The largest absolute Gasteiger partial charge is 0.508 e. The molecule has 0 fully saturated rings. The number of fused-ring (bicyclic) bond motifs is 5. The van der Waals surface area contributed by atoms with E-state index in [0.717, 1.165) is 50.8 Å². The van der Waals surface area contributed by atoms with E-state index in [-0.39, 0.29) is 5.75 Å². The third-order valence-electron chi connectivity index (χ3n) is 4.47. The van der Waals surface area contributed by atoms with E-state index in [4.69, 9.17) is 9.72 Å². The van der Waals surface area contributed by atoms with Crippen molar-refractivity contribution in [2.24, 2.45) is 0 Å². The molecule has 0 aliphatic carbocycles. The fraction of sp³-hybridized carbons (Fsp3) is 0.105. The van der Waals surface area contributed by atoms with Crippen molar-refractivity contribution in [1.82, 2.24) is 9.97 Å². The van der Waals surface area contributed by atoms with Crippen LogP contribution in [0, 0.1) is 0 Å². The zero-order valence-corrected chi connectivity index (χ0v) is 12.3. The van der Waals surface area contributed by atoms with Crippen molar-refractivity contribution in [3.05, 3.63) is 54.2 Å². The molecule has 0 saturated carbocycles. The number of phenolic OH excluding ortho intramolecular Hbond substituents is 1. The summed E-state index contributed by atoms with van der Waals surface area (Å²) in [5, 5.41) is 11.7. The molecule has 0 radical (unpaired) electrons. The molecule has 2 aromatic heterocycles. The quantitative estimate of drug-likeness (QED) is 0.558. The van der Waals surface area contributed by atoms with Crippen molar-refractivity contribution in [3.63, 3.8) is 0 Å². The van der Waals surface area contributed by atoms with Gasteiger partial charge in [-0.15, -0.1) is 0 Å². The highest BCUT2D eigenvalue weighted by Crippen LogP contribution is 2.42. The predicted octanol–water partition coefficient (Wildman–Crippen LogP) is 4.02. The molecule has 2 aromatic carbocycles. The van der Waals surface area contributed by atoms with Gasteiger partial charge in [-0.25, -0.2) is 4.98 Å².